The van der Waals surface area contributed by atoms with E-state index in [0.29, 0.717) is 6.42 Å². The molecule has 4 heteroatoms. The lowest BCUT2D eigenvalue weighted by Crippen LogP contribution is -2.32. The highest BCUT2D eigenvalue weighted by atomic mass is 32.2. The molecule has 0 saturated heterocycles. The van der Waals surface area contributed by atoms with Gasteiger partial charge in [-0.3, -0.25) is 4.79 Å². The van der Waals surface area contributed by atoms with Crippen molar-refractivity contribution >= 4 is 23.4 Å². The zero-order valence-corrected chi connectivity index (χ0v) is 18.0. The number of amides is 1. The van der Waals surface area contributed by atoms with Crippen LogP contribution in [0.4, 0.5) is 5.69 Å². The average Bonchev–Trinajstić information content (AvgIpc) is 2.75. The fourth-order valence-electron chi connectivity index (χ4n) is 2.92. The Morgan fingerprint density at radius 2 is 1.69 bits per heavy atom. The molecular formula is C25H27NO2S. The van der Waals surface area contributed by atoms with E-state index in [-0.39, 0.29) is 5.91 Å². The molecule has 0 bridgehead atoms. The summed E-state index contributed by atoms with van der Waals surface area (Å²) in [6.45, 7) is 6.02. The van der Waals surface area contributed by atoms with Crippen molar-refractivity contribution in [2.45, 2.75) is 43.9 Å². The molecule has 0 spiro atoms. The van der Waals surface area contributed by atoms with E-state index in [0.717, 1.165) is 28.3 Å². The minimum absolute atomic E-state index is 0.125. The van der Waals surface area contributed by atoms with Crippen LogP contribution < -0.4 is 10.1 Å². The molecule has 1 atom stereocenters. The zero-order valence-electron chi connectivity index (χ0n) is 17.1. The van der Waals surface area contributed by atoms with Gasteiger partial charge in [0.25, 0.3) is 5.91 Å². The first-order chi connectivity index (χ1) is 14.1. The number of hydrogen-bond donors (Lipinski definition) is 1. The van der Waals surface area contributed by atoms with Gasteiger partial charge in [-0.2, -0.15) is 0 Å². The number of carbonyl (C=O) groups excluding carboxylic acids is 1. The minimum Gasteiger partial charge on any atom is -0.480 e. The quantitative estimate of drug-likeness (QED) is 0.441. The van der Waals surface area contributed by atoms with Gasteiger partial charge in [-0.05, 0) is 67.3 Å². The number of anilines is 1. The topological polar surface area (TPSA) is 38.3 Å². The number of aryl methyl sites for hydroxylation is 1. The first-order valence-corrected chi connectivity index (χ1v) is 10.9. The second-order valence-electron chi connectivity index (χ2n) is 7.00. The summed E-state index contributed by atoms with van der Waals surface area (Å²) in [5.74, 6) is 1.53. The van der Waals surface area contributed by atoms with Crippen molar-refractivity contribution in [1.29, 1.82) is 0 Å². The summed E-state index contributed by atoms with van der Waals surface area (Å²) in [6.07, 6.45) is 0.0779. The van der Waals surface area contributed by atoms with Crippen LogP contribution >= 0.6 is 11.8 Å². The highest BCUT2D eigenvalue weighted by molar-refractivity contribution is 7.98. The molecule has 3 aromatic carbocycles. The van der Waals surface area contributed by atoms with Crippen LogP contribution in [-0.2, 0) is 10.5 Å². The Kier molecular flexibility index (Phi) is 7.36. The molecule has 0 aliphatic rings. The number of rotatable bonds is 8. The highest BCUT2D eigenvalue weighted by Crippen LogP contribution is 2.24. The van der Waals surface area contributed by atoms with Crippen molar-refractivity contribution in [2.24, 2.45) is 0 Å². The van der Waals surface area contributed by atoms with Gasteiger partial charge in [0.2, 0.25) is 0 Å². The van der Waals surface area contributed by atoms with Crippen LogP contribution in [0.5, 0.6) is 5.75 Å². The van der Waals surface area contributed by atoms with Crippen LogP contribution in [-0.4, -0.2) is 12.0 Å². The molecule has 0 radical (unpaired) electrons. The van der Waals surface area contributed by atoms with Gasteiger partial charge in [0, 0.05) is 16.3 Å². The van der Waals surface area contributed by atoms with Crippen molar-refractivity contribution in [2.75, 3.05) is 5.32 Å². The lowest BCUT2D eigenvalue weighted by Gasteiger charge is -2.19. The first kappa shape index (κ1) is 21.0. The lowest BCUT2D eigenvalue weighted by atomic mass is 10.1. The smallest absolute Gasteiger partial charge is 0.265 e. The summed E-state index contributed by atoms with van der Waals surface area (Å²) in [4.78, 5) is 13.9. The molecule has 0 saturated carbocycles. The molecule has 0 aromatic heterocycles. The predicted octanol–water partition coefficient (Wildman–Crippen LogP) is 6.39. The maximum atomic E-state index is 12.7. The van der Waals surface area contributed by atoms with Crippen molar-refractivity contribution in [3.8, 4) is 5.75 Å². The summed E-state index contributed by atoms with van der Waals surface area (Å²) >= 11 is 1.80. The van der Waals surface area contributed by atoms with E-state index in [2.05, 4.69) is 29.6 Å². The molecule has 3 rings (SSSR count). The Labute approximate surface area is 177 Å². The third kappa shape index (κ3) is 5.88. The number of hydrogen-bond acceptors (Lipinski definition) is 3. The van der Waals surface area contributed by atoms with Crippen molar-refractivity contribution in [1.82, 2.24) is 0 Å². The fourth-order valence-corrected chi connectivity index (χ4v) is 3.79. The molecule has 3 aromatic rings. The first-order valence-electron chi connectivity index (χ1n) is 9.87. The number of carbonyl (C=O) groups is 1. The summed E-state index contributed by atoms with van der Waals surface area (Å²) in [5, 5.41) is 2.98. The minimum atomic E-state index is -0.524. The van der Waals surface area contributed by atoms with Gasteiger partial charge in [0.05, 0.1) is 0 Å². The van der Waals surface area contributed by atoms with E-state index in [1.165, 1.54) is 10.5 Å². The largest absolute Gasteiger partial charge is 0.480 e. The van der Waals surface area contributed by atoms with Gasteiger partial charge in [0.15, 0.2) is 6.10 Å². The average molecular weight is 406 g/mol. The van der Waals surface area contributed by atoms with Crippen molar-refractivity contribution in [3.05, 3.63) is 89.5 Å². The molecular weight excluding hydrogens is 378 g/mol. The van der Waals surface area contributed by atoms with Crippen LogP contribution in [0, 0.1) is 13.8 Å². The number of thioether (sulfide) groups is 1. The van der Waals surface area contributed by atoms with Gasteiger partial charge in [0.1, 0.15) is 5.75 Å². The van der Waals surface area contributed by atoms with Crippen LogP contribution in [0.3, 0.4) is 0 Å². The van der Waals surface area contributed by atoms with Crippen molar-refractivity contribution in [3.63, 3.8) is 0 Å². The SMILES string of the molecule is CC[C@H](Oc1cccc(C)c1C)C(=O)Nc1ccc(CSc2ccccc2)cc1. The van der Waals surface area contributed by atoms with Gasteiger partial charge in [-0.1, -0.05) is 49.4 Å². The second-order valence-corrected chi connectivity index (χ2v) is 8.05. The van der Waals surface area contributed by atoms with Crippen LogP contribution in [0.25, 0.3) is 0 Å². The summed E-state index contributed by atoms with van der Waals surface area (Å²) < 4.78 is 6.01. The maximum Gasteiger partial charge on any atom is 0.265 e. The molecule has 0 aliphatic heterocycles. The number of nitrogens with one attached hydrogen (secondary N) is 1. The maximum absolute atomic E-state index is 12.7. The summed E-state index contributed by atoms with van der Waals surface area (Å²) in [5.41, 5.74) is 4.22. The van der Waals surface area contributed by atoms with Gasteiger partial charge in [-0.25, -0.2) is 0 Å². The Morgan fingerprint density at radius 1 is 0.966 bits per heavy atom. The van der Waals surface area contributed by atoms with Gasteiger partial charge < -0.3 is 10.1 Å². The number of ether oxygens (including phenoxy) is 1. The van der Waals surface area contributed by atoms with E-state index < -0.39 is 6.10 Å². The third-order valence-electron chi connectivity index (χ3n) is 4.86. The van der Waals surface area contributed by atoms with Gasteiger partial charge >= 0.3 is 0 Å². The summed E-state index contributed by atoms with van der Waals surface area (Å²) in [6, 6.07) is 24.3. The lowest BCUT2D eigenvalue weighted by molar-refractivity contribution is -0.122. The highest BCUT2D eigenvalue weighted by Gasteiger charge is 2.19. The third-order valence-corrected chi connectivity index (χ3v) is 5.94. The zero-order chi connectivity index (χ0) is 20.6. The van der Waals surface area contributed by atoms with Crippen LogP contribution in [0.15, 0.2) is 77.7 Å². The fraction of sp³-hybridized carbons (Fsp3) is 0.240. The molecule has 0 fully saturated rings. The monoisotopic (exact) mass is 405 g/mol. The van der Waals surface area contributed by atoms with E-state index in [1.807, 2.05) is 69.3 Å². The van der Waals surface area contributed by atoms with Crippen LogP contribution in [0.2, 0.25) is 0 Å². The normalized spacial score (nSPS) is 11.7. The molecule has 3 nitrogen and oxygen atoms in total. The number of benzene rings is 3. The molecule has 0 aliphatic carbocycles. The van der Waals surface area contributed by atoms with E-state index in [4.69, 9.17) is 4.74 Å². The molecule has 150 valence electrons. The molecule has 1 N–H and O–H groups in total. The Bertz CT molecular complexity index is 939. The predicted molar refractivity (Wildman–Crippen MR) is 122 cm³/mol. The molecule has 0 heterocycles. The Morgan fingerprint density at radius 3 is 2.38 bits per heavy atom. The summed E-state index contributed by atoms with van der Waals surface area (Å²) in [7, 11) is 0. The Hall–Kier alpha value is -2.72. The van der Waals surface area contributed by atoms with Crippen LogP contribution in [0.1, 0.15) is 30.0 Å². The molecule has 0 unspecified atom stereocenters. The standard InChI is InChI=1S/C25H27NO2S/c1-4-23(28-24-12-8-9-18(2)19(24)3)25(27)26-21-15-13-20(14-16-21)17-29-22-10-6-5-7-11-22/h5-16,23H,4,17H2,1-3H3,(H,26,27)/t23-/m0/s1. The van der Waals surface area contributed by atoms with E-state index >= 15 is 0 Å². The van der Waals surface area contributed by atoms with Gasteiger partial charge in [-0.15, -0.1) is 11.8 Å². The van der Waals surface area contributed by atoms with Crippen molar-refractivity contribution < 1.29 is 9.53 Å². The van der Waals surface area contributed by atoms with E-state index in [1.54, 1.807) is 11.8 Å². The molecule has 1 amide bonds. The molecule has 29 heavy (non-hydrogen) atoms. The Balaban J connectivity index is 1.58. The van der Waals surface area contributed by atoms with E-state index in [9.17, 15) is 4.79 Å². The second kappa shape index (κ2) is 10.2.